The molecule has 30 heavy (non-hydrogen) atoms. The van der Waals surface area contributed by atoms with Crippen LogP contribution in [0.2, 0.25) is 0 Å². The highest BCUT2D eigenvalue weighted by Gasteiger charge is 2.26. The summed E-state index contributed by atoms with van der Waals surface area (Å²) in [7, 11) is 1.31. The molecule has 168 valence electrons. The molecule has 0 spiro atoms. The maximum absolute atomic E-state index is 12.0. The average molecular weight is 425 g/mol. The maximum Gasteiger partial charge on any atom is 0.410 e. The number of aromatic nitrogens is 1. The Morgan fingerprint density at radius 2 is 1.63 bits per heavy atom. The zero-order chi connectivity index (χ0) is 23.3. The fourth-order valence-corrected chi connectivity index (χ4v) is 2.36. The molecule has 0 aliphatic carbocycles. The Labute approximate surface area is 176 Å². The highest BCUT2D eigenvalue weighted by Crippen LogP contribution is 2.18. The summed E-state index contributed by atoms with van der Waals surface area (Å²) in [5.41, 5.74) is 0.189. The third kappa shape index (κ3) is 9.85. The van der Waals surface area contributed by atoms with Crippen LogP contribution in [0.1, 0.15) is 43.7 Å². The number of hydrogen-bond donors (Lipinski definition) is 1. The number of pyridine rings is 1. The van der Waals surface area contributed by atoms with Gasteiger partial charge in [0, 0.05) is 26.2 Å². The Morgan fingerprint density at radius 3 is 2.03 bits per heavy atom. The monoisotopic (exact) mass is 425 g/mol. The van der Waals surface area contributed by atoms with E-state index in [1.54, 1.807) is 17.9 Å². The molecule has 10 nitrogen and oxygen atoms in total. The number of carbonyl (C=O) groups is 4. The molecule has 1 amide bonds. The lowest BCUT2D eigenvalue weighted by Gasteiger charge is -2.36. The standard InChI is InChI=1S/C16H23N3O4.C2H4O2.C2H4O/c1-11-5-6-12(17-13(11)14(20)21)18-7-9-19(10-8-18)15(22)23-16(2,3)4;1-4-2-3;1-2-3/h5-6H,7-10H2,1-4H3,(H,20,21);2H,1H3;2H,1H3. The molecule has 0 aromatic carbocycles. The number of rotatable bonds is 3. The number of carboxylic acid groups (broad SMARTS) is 1. The van der Waals surface area contributed by atoms with E-state index in [-0.39, 0.29) is 11.8 Å². The van der Waals surface area contributed by atoms with Gasteiger partial charge in [-0.3, -0.25) is 4.79 Å². The van der Waals surface area contributed by atoms with Crippen molar-refractivity contribution in [2.45, 2.75) is 40.2 Å². The second kappa shape index (κ2) is 13.1. The van der Waals surface area contributed by atoms with Crippen molar-refractivity contribution in [2.75, 3.05) is 38.2 Å². The Kier molecular flexibility index (Phi) is 11.7. The van der Waals surface area contributed by atoms with Crippen LogP contribution in [-0.2, 0) is 19.1 Å². The molecule has 2 rings (SSSR count). The van der Waals surface area contributed by atoms with Gasteiger partial charge in [0.15, 0.2) is 5.69 Å². The predicted molar refractivity (Wildman–Crippen MR) is 111 cm³/mol. The molecule has 0 atom stereocenters. The van der Waals surface area contributed by atoms with Crippen LogP contribution in [0.5, 0.6) is 0 Å². The van der Waals surface area contributed by atoms with Gasteiger partial charge in [0.2, 0.25) is 0 Å². The summed E-state index contributed by atoms with van der Waals surface area (Å²) in [5, 5.41) is 9.16. The number of nitrogens with zero attached hydrogens (tertiary/aromatic N) is 3. The second-order valence-electron chi connectivity index (χ2n) is 7.16. The first-order valence-electron chi connectivity index (χ1n) is 9.30. The summed E-state index contributed by atoms with van der Waals surface area (Å²) in [6, 6.07) is 3.57. The summed E-state index contributed by atoms with van der Waals surface area (Å²) in [6.07, 6.45) is 0.431. The lowest BCUT2D eigenvalue weighted by molar-refractivity contribution is -0.126. The van der Waals surface area contributed by atoms with E-state index in [9.17, 15) is 9.59 Å². The van der Waals surface area contributed by atoms with E-state index in [0.29, 0.717) is 44.0 Å². The Morgan fingerprint density at radius 1 is 1.13 bits per heavy atom. The molecule has 1 fully saturated rings. The quantitative estimate of drug-likeness (QED) is 0.725. The molecule has 1 aliphatic rings. The predicted octanol–water partition coefficient (Wildman–Crippen LogP) is 2.14. The first-order valence-corrected chi connectivity index (χ1v) is 9.30. The van der Waals surface area contributed by atoms with Crippen molar-refractivity contribution < 1.29 is 33.8 Å². The number of methoxy groups -OCH3 is 1. The smallest absolute Gasteiger partial charge is 0.410 e. The van der Waals surface area contributed by atoms with Crippen molar-refractivity contribution in [3.05, 3.63) is 23.4 Å². The van der Waals surface area contributed by atoms with Gasteiger partial charge < -0.3 is 29.2 Å². The van der Waals surface area contributed by atoms with Gasteiger partial charge >= 0.3 is 12.1 Å². The molecule has 10 heteroatoms. The van der Waals surface area contributed by atoms with E-state index in [0.717, 1.165) is 6.29 Å². The summed E-state index contributed by atoms with van der Waals surface area (Å²) >= 11 is 0. The average Bonchev–Trinajstić information content (AvgIpc) is 2.68. The molecule has 1 aromatic rings. The fraction of sp³-hybridized carbons (Fsp3) is 0.550. The van der Waals surface area contributed by atoms with Crippen LogP contribution in [0, 0.1) is 6.92 Å². The van der Waals surface area contributed by atoms with E-state index in [2.05, 4.69) is 9.72 Å². The SMILES string of the molecule is CC=O.COC=O.Cc1ccc(N2CCN(C(=O)OC(C)(C)C)CC2)nc1C(=O)O. The third-order valence-electron chi connectivity index (χ3n) is 3.64. The second-order valence-corrected chi connectivity index (χ2v) is 7.16. The summed E-state index contributed by atoms with van der Waals surface area (Å²) in [6.45, 7) is 11.3. The molecule has 0 saturated carbocycles. The number of aryl methyl sites for hydroxylation is 1. The highest BCUT2D eigenvalue weighted by atomic mass is 16.6. The summed E-state index contributed by atoms with van der Waals surface area (Å²) < 4.78 is 9.22. The van der Waals surface area contributed by atoms with E-state index in [1.165, 1.54) is 14.0 Å². The van der Waals surface area contributed by atoms with Gasteiger partial charge in [-0.05, 0) is 46.2 Å². The molecule has 0 unspecified atom stereocenters. The third-order valence-corrected chi connectivity index (χ3v) is 3.64. The number of ether oxygens (including phenoxy) is 2. The number of hydrogen-bond acceptors (Lipinski definition) is 8. The topological polar surface area (TPSA) is 126 Å². The molecule has 1 N–H and O–H groups in total. The van der Waals surface area contributed by atoms with Crippen LogP contribution in [0.3, 0.4) is 0 Å². The lowest BCUT2D eigenvalue weighted by atomic mass is 10.2. The first-order chi connectivity index (χ1) is 14.0. The fourth-order valence-electron chi connectivity index (χ4n) is 2.36. The van der Waals surface area contributed by atoms with Crippen LogP contribution in [-0.4, -0.2) is 78.7 Å². The number of aldehydes is 1. The zero-order valence-corrected chi connectivity index (χ0v) is 18.4. The van der Waals surface area contributed by atoms with Crippen molar-refractivity contribution >= 4 is 30.6 Å². The maximum atomic E-state index is 12.0. The largest absolute Gasteiger partial charge is 0.477 e. The van der Waals surface area contributed by atoms with Crippen molar-refractivity contribution in [1.29, 1.82) is 0 Å². The molecule has 1 aromatic heterocycles. The minimum Gasteiger partial charge on any atom is -0.477 e. The molecule has 0 radical (unpaired) electrons. The van der Waals surface area contributed by atoms with Crippen LogP contribution in [0.4, 0.5) is 10.6 Å². The zero-order valence-electron chi connectivity index (χ0n) is 18.4. The van der Waals surface area contributed by atoms with E-state index >= 15 is 0 Å². The Balaban J connectivity index is 0.00000105. The van der Waals surface area contributed by atoms with Gasteiger partial charge in [-0.15, -0.1) is 0 Å². The van der Waals surface area contributed by atoms with Crippen LogP contribution in [0.15, 0.2) is 12.1 Å². The van der Waals surface area contributed by atoms with Crippen molar-refractivity contribution in [3.8, 4) is 0 Å². The number of amides is 1. The van der Waals surface area contributed by atoms with Crippen LogP contribution < -0.4 is 4.90 Å². The molecular weight excluding hydrogens is 394 g/mol. The van der Waals surface area contributed by atoms with Gasteiger partial charge in [-0.1, -0.05) is 6.07 Å². The van der Waals surface area contributed by atoms with E-state index < -0.39 is 11.6 Å². The van der Waals surface area contributed by atoms with Gasteiger partial charge in [-0.25, -0.2) is 14.6 Å². The van der Waals surface area contributed by atoms with Gasteiger partial charge in [0.1, 0.15) is 17.7 Å². The molecular formula is C20H31N3O7. The van der Waals surface area contributed by atoms with Gasteiger partial charge in [0.25, 0.3) is 6.47 Å². The molecule has 1 saturated heterocycles. The van der Waals surface area contributed by atoms with Crippen molar-refractivity contribution in [2.24, 2.45) is 0 Å². The van der Waals surface area contributed by atoms with Crippen LogP contribution in [0.25, 0.3) is 0 Å². The highest BCUT2D eigenvalue weighted by molar-refractivity contribution is 5.87. The van der Waals surface area contributed by atoms with E-state index in [4.69, 9.17) is 19.4 Å². The number of piperazine rings is 1. The minimum atomic E-state index is -1.03. The Bertz CT molecular complexity index is 709. The summed E-state index contributed by atoms with van der Waals surface area (Å²) in [4.78, 5) is 48.8. The first kappa shape index (κ1) is 26.8. The number of aromatic carboxylic acids is 1. The molecule has 2 heterocycles. The lowest BCUT2D eigenvalue weighted by Crippen LogP contribution is -2.50. The van der Waals surface area contributed by atoms with Crippen molar-refractivity contribution in [1.82, 2.24) is 9.88 Å². The number of anilines is 1. The number of carboxylic acids is 1. The molecule has 1 aliphatic heterocycles. The normalized spacial score (nSPS) is 13.0. The van der Waals surface area contributed by atoms with Gasteiger partial charge in [0.05, 0.1) is 7.11 Å². The number of carbonyl (C=O) groups excluding carboxylic acids is 3. The van der Waals surface area contributed by atoms with Gasteiger partial charge in [-0.2, -0.15) is 0 Å². The van der Waals surface area contributed by atoms with E-state index in [1.807, 2.05) is 31.7 Å². The van der Waals surface area contributed by atoms with Crippen molar-refractivity contribution in [3.63, 3.8) is 0 Å². The minimum absolute atomic E-state index is 0.0667. The Hall–Kier alpha value is -3.17. The molecule has 0 bridgehead atoms. The van der Waals surface area contributed by atoms with Crippen LogP contribution >= 0.6 is 0 Å². The summed E-state index contributed by atoms with van der Waals surface area (Å²) in [5.74, 6) is -0.409.